The van der Waals surface area contributed by atoms with Crippen LogP contribution in [0, 0.1) is 11.7 Å². The van der Waals surface area contributed by atoms with Crippen molar-refractivity contribution in [1.29, 1.82) is 0 Å². The van der Waals surface area contributed by atoms with Gasteiger partial charge in [0, 0.05) is 59.4 Å². The average Bonchev–Trinajstić information content (AvgIpc) is 3.43. The number of rotatable bonds is 11. The molecule has 1 aliphatic rings. The summed E-state index contributed by atoms with van der Waals surface area (Å²) in [6.45, 7) is 9.52. The molecular formula is C37H41FN2O5. The van der Waals surface area contributed by atoms with Gasteiger partial charge in [0.1, 0.15) is 17.2 Å². The molecule has 1 aliphatic carbocycles. The molecule has 0 bridgehead atoms. The summed E-state index contributed by atoms with van der Waals surface area (Å²) in [4.78, 5) is 41.7. The fourth-order valence-electron chi connectivity index (χ4n) is 6.36. The third-order valence-electron chi connectivity index (χ3n) is 8.72. The Morgan fingerprint density at radius 1 is 0.933 bits per heavy atom. The molecule has 1 N–H and O–H groups in total. The van der Waals surface area contributed by atoms with E-state index in [1.54, 1.807) is 25.1 Å². The highest BCUT2D eigenvalue weighted by Crippen LogP contribution is 2.41. The van der Waals surface area contributed by atoms with Crippen molar-refractivity contribution in [1.82, 2.24) is 5.32 Å². The highest BCUT2D eigenvalue weighted by atomic mass is 19.1. The van der Waals surface area contributed by atoms with Gasteiger partial charge in [-0.2, -0.15) is 0 Å². The first-order chi connectivity index (χ1) is 21.8. The number of halogens is 1. The van der Waals surface area contributed by atoms with Gasteiger partial charge >= 0.3 is 5.97 Å². The number of Topliss-reactive ketones (excluding diaryl/α,β-unsaturated/α-hetero) is 1. The predicted molar refractivity (Wildman–Crippen MR) is 175 cm³/mol. The van der Waals surface area contributed by atoms with Crippen LogP contribution in [0.15, 0.2) is 65.1 Å². The van der Waals surface area contributed by atoms with Gasteiger partial charge in [-0.25, -0.2) is 4.39 Å². The molecule has 2 atom stereocenters. The van der Waals surface area contributed by atoms with Crippen molar-refractivity contribution >= 4 is 34.3 Å². The molecule has 1 fully saturated rings. The minimum Gasteiger partial charge on any atom is -0.466 e. The third-order valence-corrected chi connectivity index (χ3v) is 8.72. The predicted octanol–water partition coefficient (Wildman–Crippen LogP) is 8.20. The summed E-state index contributed by atoms with van der Waals surface area (Å²) < 4.78 is 25.4. The lowest BCUT2D eigenvalue weighted by Gasteiger charge is -2.30. The molecule has 0 aliphatic heterocycles. The van der Waals surface area contributed by atoms with E-state index in [-0.39, 0.29) is 41.9 Å². The van der Waals surface area contributed by atoms with Gasteiger partial charge < -0.3 is 19.4 Å². The van der Waals surface area contributed by atoms with E-state index in [9.17, 15) is 18.8 Å². The molecular weight excluding hydrogens is 571 g/mol. The molecule has 7 nitrogen and oxygen atoms in total. The Balaban J connectivity index is 1.59. The van der Waals surface area contributed by atoms with Crippen LogP contribution in [0.4, 0.5) is 10.1 Å². The first kappa shape index (κ1) is 31.9. The van der Waals surface area contributed by atoms with Crippen LogP contribution in [0.5, 0.6) is 0 Å². The second-order valence-corrected chi connectivity index (χ2v) is 11.4. The first-order valence-corrected chi connectivity index (χ1v) is 16.0. The molecule has 0 saturated heterocycles. The number of benzene rings is 3. The highest BCUT2D eigenvalue weighted by molar-refractivity contribution is 6.13. The molecule has 236 valence electrons. The van der Waals surface area contributed by atoms with Crippen molar-refractivity contribution < 1.29 is 27.9 Å². The highest BCUT2D eigenvalue weighted by Gasteiger charge is 2.33. The van der Waals surface area contributed by atoms with E-state index in [1.807, 2.05) is 37.3 Å². The molecule has 8 heteroatoms. The summed E-state index contributed by atoms with van der Waals surface area (Å²) in [5, 5.41) is 3.78. The van der Waals surface area contributed by atoms with E-state index >= 15 is 0 Å². The number of amides is 1. The lowest BCUT2D eigenvalue weighted by molar-refractivity contribution is -0.150. The number of ketones is 1. The number of furan rings is 1. The zero-order valence-corrected chi connectivity index (χ0v) is 26.5. The summed E-state index contributed by atoms with van der Waals surface area (Å²) in [5.41, 5.74) is 4.72. The second kappa shape index (κ2) is 14.1. The standard InChI is InChI=1S/C37H41FN2O5/c1-5-32(41)34-29-21-28(31(40(6-2)7-3)22-33(29)45-35(34)23-16-18-26(38)19-17-23)24-12-11-13-25(20-24)36(42)39-30-15-10-9-14-27(30)37(43)44-8-4/h11-13,16-22,27,30H,5-10,14-15H2,1-4H3,(H,39,42)/t27-,30+/m1/s1. The molecule has 45 heavy (non-hydrogen) atoms. The third kappa shape index (κ3) is 6.65. The van der Waals surface area contributed by atoms with Crippen molar-refractivity contribution in [2.24, 2.45) is 5.92 Å². The minimum absolute atomic E-state index is 0.0774. The number of carbonyl (C=O) groups is 3. The maximum absolute atomic E-state index is 13.7. The molecule has 1 saturated carbocycles. The van der Waals surface area contributed by atoms with Crippen LogP contribution in [0.3, 0.4) is 0 Å². The number of nitrogens with zero attached hydrogens (tertiary/aromatic N) is 1. The molecule has 1 amide bonds. The fraction of sp³-hybridized carbons (Fsp3) is 0.378. The Hall–Kier alpha value is -4.46. The van der Waals surface area contributed by atoms with Crippen LogP contribution < -0.4 is 10.2 Å². The van der Waals surface area contributed by atoms with Gasteiger partial charge in [0.15, 0.2) is 5.78 Å². The van der Waals surface area contributed by atoms with Crippen molar-refractivity contribution in [2.75, 3.05) is 24.6 Å². The Labute approximate surface area is 263 Å². The first-order valence-electron chi connectivity index (χ1n) is 16.0. The molecule has 1 heterocycles. The van der Waals surface area contributed by atoms with Crippen LogP contribution in [0.2, 0.25) is 0 Å². The van der Waals surface area contributed by atoms with Crippen LogP contribution in [0.25, 0.3) is 33.4 Å². The van der Waals surface area contributed by atoms with Gasteiger partial charge in [0.2, 0.25) is 0 Å². The van der Waals surface area contributed by atoms with Gasteiger partial charge in [-0.05, 0) is 81.6 Å². The van der Waals surface area contributed by atoms with Crippen molar-refractivity contribution in [3.8, 4) is 22.5 Å². The van der Waals surface area contributed by atoms with Crippen LogP contribution >= 0.6 is 0 Å². The Morgan fingerprint density at radius 3 is 2.36 bits per heavy atom. The Kier molecular flexibility index (Phi) is 10.0. The van der Waals surface area contributed by atoms with E-state index in [0.29, 0.717) is 46.4 Å². The average molecular weight is 613 g/mol. The van der Waals surface area contributed by atoms with E-state index < -0.39 is 0 Å². The van der Waals surface area contributed by atoms with Gasteiger partial charge in [-0.3, -0.25) is 14.4 Å². The smallest absolute Gasteiger partial charge is 0.311 e. The maximum atomic E-state index is 13.7. The summed E-state index contributed by atoms with van der Waals surface area (Å²) >= 11 is 0. The van der Waals surface area contributed by atoms with Crippen molar-refractivity contribution in [2.45, 2.75) is 65.8 Å². The number of hydrogen-bond donors (Lipinski definition) is 1. The Bertz CT molecular complexity index is 1690. The summed E-state index contributed by atoms with van der Waals surface area (Å²) in [7, 11) is 0. The minimum atomic E-state index is -0.367. The Morgan fingerprint density at radius 2 is 1.67 bits per heavy atom. The SMILES string of the molecule is CCOC(=O)[C@@H]1CCCC[C@@H]1NC(=O)c1cccc(-c2cc3c(C(=O)CC)c(-c4ccc(F)cc4)oc3cc2N(CC)CC)c1. The van der Waals surface area contributed by atoms with Crippen LogP contribution in [0.1, 0.15) is 80.5 Å². The van der Waals surface area contributed by atoms with E-state index in [0.717, 1.165) is 49.2 Å². The van der Waals surface area contributed by atoms with Gasteiger partial charge in [-0.15, -0.1) is 0 Å². The van der Waals surface area contributed by atoms with Crippen molar-refractivity contribution in [3.05, 3.63) is 77.6 Å². The summed E-state index contributed by atoms with van der Waals surface area (Å²) in [6, 6.07) is 17.0. The van der Waals surface area contributed by atoms with Crippen LogP contribution in [-0.4, -0.2) is 43.4 Å². The monoisotopic (exact) mass is 612 g/mol. The largest absolute Gasteiger partial charge is 0.466 e. The maximum Gasteiger partial charge on any atom is 0.311 e. The number of hydrogen-bond acceptors (Lipinski definition) is 6. The lowest BCUT2D eigenvalue weighted by Crippen LogP contribution is -2.45. The van der Waals surface area contributed by atoms with E-state index in [1.165, 1.54) is 12.1 Å². The molecule has 1 aromatic heterocycles. The number of carbonyl (C=O) groups excluding carboxylic acids is 3. The zero-order chi connectivity index (χ0) is 32.1. The lowest BCUT2D eigenvalue weighted by atomic mass is 9.84. The van der Waals surface area contributed by atoms with E-state index in [2.05, 4.69) is 24.1 Å². The zero-order valence-electron chi connectivity index (χ0n) is 26.5. The summed E-state index contributed by atoms with van der Waals surface area (Å²) in [6.07, 6.45) is 3.57. The number of esters is 1. The summed E-state index contributed by atoms with van der Waals surface area (Å²) in [5.74, 6) is -0.887. The second-order valence-electron chi connectivity index (χ2n) is 11.4. The van der Waals surface area contributed by atoms with Crippen molar-refractivity contribution in [3.63, 3.8) is 0 Å². The molecule has 3 aromatic carbocycles. The molecule has 4 aromatic rings. The van der Waals surface area contributed by atoms with E-state index in [4.69, 9.17) is 9.15 Å². The fourth-order valence-corrected chi connectivity index (χ4v) is 6.36. The molecule has 0 radical (unpaired) electrons. The van der Waals surface area contributed by atoms with Gasteiger partial charge in [0.05, 0.1) is 18.1 Å². The molecule has 0 spiro atoms. The van der Waals surface area contributed by atoms with Crippen LogP contribution in [-0.2, 0) is 9.53 Å². The normalized spacial score (nSPS) is 16.4. The number of nitrogens with one attached hydrogen (secondary N) is 1. The molecule has 0 unspecified atom stereocenters. The van der Waals surface area contributed by atoms with Gasteiger partial charge in [0.25, 0.3) is 5.91 Å². The molecule has 5 rings (SSSR count). The number of fused-ring (bicyclic) bond motifs is 1. The number of ether oxygens (including phenoxy) is 1. The topological polar surface area (TPSA) is 88.8 Å². The quantitative estimate of drug-likeness (QED) is 0.136. The number of anilines is 1. The van der Waals surface area contributed by atoms with Gasteiger partial charge in [-0.1, -0.05) is 31.9 Å².